The summed E-state index contributed by atoms with van der Waals surface area (Å²) in [6.07, 6.45) is 0.165. The molecule has 0 radical (unpaired) electrons. The van der Waals surface area contributed by atoms with Gasteiger partial charge in [-0.2, -0.15) is 0 Å². The van der Waals surface area contributed by atoms with E-state index in [0.717, 1.165) is 0 Å². The molecule has 0 aliphatic heterocycles. The van der Waals surface area contributed by atoms with Crippen LogP contribution < -0.4 is 0 Å². The number of benzene rings is 1. The summed E-state index contributed by atoms with van der Waals surface area (Å²) < 4.78 is 12.9. The normalized spacial score (nSPS) is 9.83. The van der Waals surface area contributed by atoms with Gasteiger partial charge in [0.05, 0.1) is 5.33 Å². The van der Waals surface area contributed by atoms with Gasteiger partial charge in [0.2, 0.25) is 0 Å². The van der Waals surface area contributed by atoms with Crippen LogP contribution in [0.2, 0.25) is 0 Å². The van der Waals surface area contributed by atoms with Crippen LogP contribution in [0, 0.1) is 5.82 Å². The Labute approximate surface area is 78.7 Å². The van der Waals surface area contributed by atoms with Gasteiger partial charge in [-0.15, -0.1) is 0 Å². The first kappa shape index (κ1) is 9.39. The van der Waals surface area contributed by atoms with Gasteiger partial charge in [-0.05, 0) is 11.6 Å². The predicted molar refractivity (Wildman–Crippen MR) is 48.9 cm³/mol. The number of hydrogen-bond donors (Lipinski definition) is 0. The fourth-order valence-electron chi connectivity index (χ4n) is 0.901. The molecule has 0 unspecified atom stereocenters. The Morgan fingerprint density at radius 2 is 2.08 bits per heavy atom. The third kappa shape index (κ3) is 2.41. The lowest BCUT2D eigenvalue weighted by Gasteiger charge is -1.98. The Kier molecular flexibility index (Phi) is 3.41. The van der Waals surface area contributed by atoms with Crippen molar-refractivity contribution in [3.63, 3.8) is 0 Å². The highest BCUT2D eigenvalue weighted by atomic mass is 79.9. The van der Waals surface area contributed by atoms with Crippen molar-refractivity contribution < 1.29 is 9.18 Å². The maximum absolute atomic E-state index is 12.9. The molecular formula is C9H8BrFO. The van der Waals surface area contributed by atoms with Crippen LogP contribution in [0.3, 0.4) is 0 Å². The quantitative estimate of drug-likeness (QED) is 0.729. The number of hydrogen-bond acceptors (Lipinski definition) is 1. The number of halogens is 2. The van der Waals surface area contributed by atoms with Crippen molar-refractivity contribution in [2.24, 2.45) is 0 Å². The van der Waals surface area contributed by atoms with Crippen molar-refractivity contribution in [3.05, 3.63) is 35.6 Å². The first-order valence-electron chi connectivity index (χ1n) is 3.55. The second-order valence-corrected chi connectivity index (χ2v) is 3.00. The van der Waals surface area contributed by atoms with Crippen LogP contribution in [0.25, 0.3) is 0 Å². The molecule has 0 fully saturated rings. The summed E-state index contributed by atoms with van der Waals surface area (Å²) in [7, 11) is 0. The van der Waals surface area contributed by atoms with Gasteiger partial charge in [0.25, 0.3) is 0 Å². The molecule has 0 N–H and O–H groups in total. The SMILES string of the molecule is O=C(CBr)Cc1ccccc1F. The number of alkyl halides is 1. The zero-order valence-corrected chi connectivity index (χ0v) is 7.97. The van der Waals surface area contributed by atoms with Gasteiger partial charge in [-0.1, -0.05) is 34.1 Å². The molecule has 3 heteroatoms. The first-order valence-corrected chi connectivity index (χ1v) is 4.67. The van der Waals surface area contributed by atoms with Crippen LogP contribution in [0.15, 0.2) is 24.3 Å². The molecule has 0 bridgehead atoms. The second kappa shape index (κ2) is 4.36. The van der Waals surface area contributed by atoms with Crippen LogP contribution >= 0.6 is 15.9 Å². The van der Waals surface area contributed by atoms with Crippen LogP contribution in [0.4, 0.5) is 4.39 Å². The highest BCUT2D eigenvalue weighted by Crippen LogP contribution is 2.07. The molecule has 0 aromatic heterocycles. The van der Waals surface area contributed by atoms with Crippen molar-refractivity contribution in [1.82, 2.24) is 0 Å². The van der Waals surface area contributed by atoms with Gasteiger partial charge in [-0.3, -0.25) is 4.79 Å². The lowest BCUT2D eigenvalue weighted by molar-refractivity contribution is -0.115. The summed E-state index contributed by atoms with van der Waals surface area (Å²) in [5.41, 5.74) is 0.460. The zero-order valence-electron chi connectivity index (χ0n) is 6.39. The molecular weight excluding hydrogens is 223 g/mol. The van der Waals surface area contributed by atoms with E-state index < -0.39 is 0 Å². The van der Waals surface area contributed by atoms with Crippen molar-refractivity contribution in [1.29, 1.82) is 0 Å². The lowest BCUT2D eigenvalue weighted by Crippen LogP contribution is -2.04. The Morgan fingerprint density at radius 3 is 2.67 bits per heavy atom. The van der Waals surface area contributed by atoms with Gasteiger partial charge < -0.3 is 0 Å². The molecule has 0 atom stereocenters. The minimum absolute atomic E-state index is 0.0138. The van der Waals surface area contributed by atoms with Crippen molar-refractivity contribution in [2.75, 3.05) is 5.33 Å². The Bertz CT molecular complexity index is 286. The molecule has 1 aromatic rings. The highest BCUT2D eigenvalue weighted by molar-refractivity contribution is 9.09. The van der Waals surface area contributed by atoms with Gasteiger partial charge >= 0.3 is 0 Å². The average molecular weight is 231 g/mol. The van der Waals surface area contributed by atoms with Gasteiger partial charge in [0.15, 0.2) is 0 Å². The van der Waals surface area contributed by atoms with Crippen LogP contribution in [0.1, 0.15) is 5.56 Å². The van der Waals surface area contributed by atoms with E-state index in [4.69, 9.17) is 0 Å². The molecule has 1 nitrogen and oxygen atoms in total. The maximum atomic E-state index is 12.9. The minimum Gasteiger partial charge on any atom is -0.298 e. The predicted octanol–water partition coefficient (Wildman–Crippen LogP) is 2.33. The van der Waals surface area contributed by atoms with Crippen molar-refractivity contribution in [3.8, 4) is 0 Å². The smallest absolute Gasteiger partial charge is 0.147 e. The molecule has 12 heavy (non-hydrogen) atoms. The fraction of sp³-hybridized carbons (Fsp3) is 0.222. The number of ketones is 1. The van der Waals surface area contributed by atoms with E-state index in [1.54, 1.807) is 18.2 Å². The Balaban J connectivity index is 2.75. The second-order valence-electron chi connectivity index (χ2n) is 2.44. The van der Waals surface area contributed by atoms with Gasteiger partial charge in [0.1, 0.15) is 11.6 Å². The Hall–Kier alpha value is -0.700. The van der Waals surface area contributed by atoms with E-state index in [9.17, 15) is 9.18 Å². The first-order chi connectivity index (χ1) is 5.74. The average Bonchev–Trinajstić information content (AvgIpc) is 2.09. The summed E-state index contributed by atoms with van der Waals surface area (Å²) >= 11 is 3.02. The van der Waals surface area contributed by atoms with Gasteiger partial charge in [0, 0.05) is 6.42 Å². The monoisotopic (exact) mass is 230 g/mol. The lowest BCUT2D eigenvalue weighted by atomic mass is 10.1. The minimum atomic E-state index is -0.313. The summed E-state index contributed by atoms with van der Waals surface area (Å²) in [5.74, 6) is -0.327. The molecule has 0 aliphatic carbocycles. The van der Waals surface area contributed by atoms with E-state index in [1.165, 1.54) is 6.07 Å². The zero-order chi connectivity index (χ0) is 8.97. The summed E-state index contributed by atoms with van der Waals surface area (Å²) in [4.78, 5) is 10.9. The molecule has 0 saturated heterocycles. The third-order valence-corrected chi connectivity index (χ3v) is 2.12. The third-order valence-electron chi connectivity index (χ3n) is 1.49. The standard InChI is InChI=1S/C9H8BrFO/c10-6-8(12)5-7-3-1-2-4-9(7)11/h1-4H,5-6H2. The fourth-order valence-corrected chi connectivity index (χ4v) is 1.10. The van der Waals surface area contributed by atoms with Crippen LogP contribution in [0.5, 0.6) is 0 Å². The van der Waals surface area contributed by atoms with Gasteiger partial charge in [-0.25, -0.2) is 4.39 Å². The Morgan fingerprint density at radius 1 is 1.42 bits per heavy atom. The summed E-state index contributed by atoms with van der Waals surface area (Å²) in [6, 6.07) is 6.31. The number of carbonyl (C=O) groups excluding carboxylic acids is 1. The molecule has 1 rings (SSSR count). The topological polar surface area (TPSA) is 17.1 Å². The van der Waals surface area contributed by atoms with E-state index in [0.29, 0.717) is 5.56 Å². The van der Waals surface area contributed by atoms with Crippen molar-refractivity contribution in [2.45, 2.75) is 6.42 Å². The highest BCUT2D eigenvalue weighted by Gasteiger charge is 2.05. The van der Waals surface area contributed by atoms with Crippen LogP contribution in [-0.2, 0) is 11.2 Å². The molecule has 0 heterocycles. The summed E-state index contributed by atoms with van der Waals surface area (Å²) in [6.45, 7) is 0. The molecule has 0 aliphatic rings. The van der Waals surface area contributed by atoms with E-state index in [2.05, 4.69) is 15.9 Å². The largest absolute Gasteiger partial charge is 0.298 e. The van der Waals surface area contributed by atoms with Crippen molar-refractivity contribution >= 4 is 21.7 Å². The molecule has 0 amide bonds. The number of carbonyl (C=O) groups is 1. The number of rotatable bonds is 3. The van der Waals surface area contributed by atoms with Crippen LogP contribution in [-0.4, -0.2) is 11.1 Å². The van der Waals surface area contributed by atoms with E-state index in [1.807, 2.05) is 0 Å². The molecule has 0 spiro atoms. The van der Waals surface area contributed by atoms with E-state index >= 15 is 0 Å². The van der Waals surface area contributed by atoms with E-state index in [-0.39, 0.29) is 23.4 Å². The maximum Gasteiger partial charge on any atom is 0.147 e. The number of Topliss-reactive ketones (excluding diaryl/α,β-unsaturated/α-hetero) is 1. The molecule has 0 saturated carbocycles. The molecule has 64 valence electrons. The summed E-state index contributed by atoms with van der Waals surface area (Å²) in [5, 5.41) is 0.279. The molecule has 1 aromatic carbocycles.